The molecular formula is C14H17NO4S. The lowest BCUT2D eigenvalue weighted by Crippen LogP contribution is -2.39. The summed E-state index contributed by atoms with van der Waals surface area (Å²) >= 11 is 0. The van der Waals surface area contributed by atoms with Crippen molar-refractivity contribution < 1.29 is 17.8 Å². The first-order valence-corrected chi connectivity index (χ1v) is 7.77. The SMILES string of the molecule is CC(CCC=O)(C1=CNc2ccccc2C1)S(=O)(=O)O. The molecule has 0 amide bonds. The molecule has 5 nitrogen and oxygen atoms in total. The molecule has 0 aromatic heterocycles. The van der Waals surface area contributed by atoms with Crippen LogP contribution in [0, 0.1) is 0 Å². The molecule has 1 aliphatic rings. The number of anilines is 1. The Balaban J connectivity index is 2.37. The molecule has 0 bridgehead atoms. The summed E-state index contributed by atoms with van der Waals surface area (Å²) in [7, 11) is -4.31. The van der Waals surface area contributed by atoms with E-state index in [4.69, 9.17) is 0 Å². The number of carbonyl (C=O) groups is 1. The molecule has 1 aromatic carbocycles. The van der Waals surface area contributed by atoms with Crippen LogP contribution in [0.25, 0.3) is 0 Å². The predicted molar refractivity (Wildman–Crippen MR) is 77.1 cm³/mol. The number of benzene rings is 1. The molecule has 1 atom stereocenters. The van der Waals surface area contributed by atoms with Crippen molar-refractivity contribution in [2.75, 3.05) is 5.32 Å². The van der Waals surface area contributed by atoms with E-state index in [1.165, 1.54) is 6.92 Å². The van der Waals surface area contributed by atoms with Gasteiger partial charge in [-0.1, -0.05) is 18.2 Å². The van der Waals surface area contributed by atoms with Gasteiger partial charge < -0.3 is 10.1 Å². The van der Waals surface area contributed by atoms with E-state index in [1.807, 2.05) is 24.3 Å². The summed E-state index contributed by atoms with van der Waals surface area (Å²) in [5.74, 6) is 0. The Kier molecular flexibility index (Phi) is 3.96. The summed E-state index contributed by atoms with van der Waals surface area (Å²) < 4.78 is 31.6. The van der Waals surface area contributed by atoms with Crippen LogP contribution in [0.15, 0.2) is 36.0 Å². The Morgan fingerprint density at radius 1 is 1.40 bits per heavy atom. The highest BCUT2D eigenvalue weighted by Gasteiger charge is 2.42. The molecule has 0 aliphatic carbocycles. The van der Waals surface area contributed by atoms with E-state index in [2.05, 4.69) is 5.32 Å². The Hall–Kier alpha value is -1.66. The molecule has 1 aliphatic heterocycles. The molecule has 1 unspecified atom stereocenters. The zero-order chi connectivity index (χ0) is 14.8. The monoisotopic (exact) mass is 295 g/mol. The maximum Gasteiger partial charge on any atom is 0.274 e. The lowest BCUT2D eigenvalue weighted by atomic mass is 9.88. The quantitative estimate of drug-likeness (QED) is 0.642. The van der Waals surface area contributed by atoms with Crippen LogP contribution in [0.2, 0.25) is 0 Å². The summed E-state index contributed by atoms with van der Waals surface area (Å²) in [4.78, 5) is 10.5. The number of hydrogen-bond donors (Lipinski definition) is 2. The number of hydrogen-bond acceptors (Lipinski definition) is 4. The van der Waals surface area contributed by atoms with Crippen LogP contribution in [0.4, 0.5) is 5.69 Å². The second-order valence-electron chi connectivity index (χ2n) is 5.06. The number of nitrogens with one attached hydrogen (secondary N) is 1. The molecule has 2 N–H and O–H groups in total. The third-order valence-electron chi connectivity index (χ3n) is 3.79. The first-order valence-electron chi connectivity index (χ1n) is 6.33. The highest BCUT2D eigenvalue weighted by atomic mass is 32.2. The number of para-hydroxylation sites is 1. The van der Waals surface area contributed by atoms with Crippen molar-refractivity contribution in [3.05, 3.63) is 41.6 Å². The summed E-state index contributed by atoms with van der Waals surface area (Å²) in [6.07, 6.45) is 2.84. The van der Waals surface area contributed by atoms with E-state index in [-0.39, 0.29) is 12.8 Å². The second-order valence-corrected chi connectivity index (χ2v) is 6.91. The van der Waals surface area contributed by atoms with Crippen molar-refractivity contribution in [2.45, 2.75) is 30.9 Å². The van der Waals surface area contributed by atoms with Gasteiger partial charge in [-0.3, -0.25) is 4.55 Å². The molecule has 0 radical (unpaired) electrons. The minimum atomic E-state index is -4.31. The molecule has 6 heteroatoms. The molecule has 0 saturated carbocycles. The molecule has 1 aromatic rings. The standard InChI is InChI=1S/C14H17NO4S/c1-14(7-4-8-16,20(17,18)19)12-9-11-5-2-3-6-13(11)15-10-12/h2-3,5-6,8,10,15H,4,7,9H2,1H3,(H,17,18,19). The van der Waals surface area contributed by atoms with Crippen LogP contribution >= 0.6 is 0 Å². The number of rotatable bonds is 5. The van der Waals surface area contributed by atoms with Gasteiger partial charge >= 0.3 is 0 Å². The lowest BCUT2D eigenvalue weighted by Gasteiger charge is -2.31. The summed E-state index contributed by atoms with van der Waals surface area (Å²) in [5.41, 5.74) is 2.44. The molecule has 0 fully saturated rings. The highest BCUT2D eigenvalue weighted by molar-refractivity contribution is 7.87. The zero-order valence-corrected chi connectivity index (χ0v) is 12.0. The maximum absolute atomic E-state index is 11.7. The topological polar surface area (TPSA) is 83.5 Å². The van der Waals surface area contributed by atoms with Crippen molar-refractivity contribution >= 4 is 22.1 Å². The molecule has 20 heavy (non-hydrogen) atoms. The van der Waals surface area contributed by atoms with Gasteiger partial charge in [-0.15, -0.1) is 0 Å². The third-order valence-corrected chi connectivity index (χ3v) is 5.39. The van der Waals surface area contributed by atoms with Crippen LogP contribution in [0.3, 0.4) is 0 Å². The van der Waals surface area contributed by atoms with Crippen LogP contribution in [0.5, 0.6) is 0 Å². The van der Waals surface area contributed by atoms with Crippen molar-refractivity contribution in [2.24, 2.45) is 0 Å². The average molecular weight is 295 g/mol. The summed E-state index contributed by atoms with van der Waals surface area (Å²) in [6, 6.07) is 7.57. The summed E-state index contributed by atoms with van der Waals surface area (Å²) in [6.45, 7) is 1.45. The van der Waals surface area contributed by atoms with E-state index >= 15 is 0 Å². The maximum atomic E-state index is 11.7. The van der Waals surface area contributed by atoms with E-state index in [1.54, 1.807) is 6.20 Å². The van der Waals surface area contributed by atoms with E-state index < -0.39 is 14.9 Å². The highest BCUT2D eigenvalue weighted by Crippen LogP contribution is 2.36. The first-order chi connectivity index (χ1) is 9.38. The van der Waals surface area contributed by atoms with Crippen molar-refractivity contribution in [1.82, 2.24) is 0 Å². The fraction of sp³-hybridized carbons (Fsp3) is 0.357. The zero-order valence-electron chi connectivity index (χ0n) is 11.2. The Bertz CT molecular complexity index is 651. The molecule has 108 valence electrons. The molecule has 2 rings (SSSR count). The molecule has 0 spiro atoms. The van der Waals surface area contributed by atoms with Gasteiger partial charge in [-0.2, -0.15) is 8.42 Å². The van der Waals surface area contributed by atoms with E-state index in [0.717, 1.165) is 11.3 Å². The average Bonchev–Trinajstić information content (AvgIpc) is 2.43. The third kappa shape index (κ3) is 2.62. The molecule has 1 heterocycles. The van der Waals surface area contributed by atoms with Crippen LogP contribution < -0.4 is 5.32 Å². The largest absolute Gasteiger partial charge is 0.361 e. The fourth-order valence-corrected chi connectivity index (χ4v) is 3.20. The minimum absolute atomic E-state index is 0.0605. The fourth-order valence-electron chi connectivity index (χ4n) is 2.37. The lowest BCUT2D eigenvalue weighted by molar-refractivity contribution is -0.108. The van der Waals surface area contributed by atoms with Crippen molar-refractivity contribution in [1.29, 1.82) is 0 Å². The number of carbonyl (C=O) groups excluding carboxylic acids is 1. The van der Waals surface area contributed by atoms with Crippen LogP contribution in [-0.4, -0.2) is 24.0 Å². The van der Waals surface area contributed by atoms with Gasteiger partial charge in [-0.25, -0.2) is 0 Å². The molecule has 0 saturated heterocycles. The first kappa shape index (κ1) is 14.7. The number of fused-ring (bicyclic) bond motifs is 1. The number of aldehydes is 1. The van der Waals surface area contributed by atoms with Gasteiger partial charge in [0.05, 0.1) is 0 Å². The van der Waals surface area contributed by atoms with Gasteiger partial charge in [0.25, 0.3) is 10.1 Å². The summed E-state index contributed by atoms with van der Waals surface area (Å²) in [5, 5.41) is 3.04. The Labute approximate surface area is 118 Å². The van der Waals surface area contributed by atoms with Crippen molar-refractivity contribution in [3.8, 4) is 0 Å². The second kappa shape index (κ2) is 5.38. The van der Waals surface area contributed by atoms with Crippen LogP contribution in [0.1, 0.15) is 25.3 Å². The smallest absolute Gasteiger partial charge is 0.274 e. The normalized spacial score (nSPS) is 17.4. The van der Waals surface area contributed by atoms with Crippen LogP contribution in [-0.2, 0) is 21.3 Å². The van der Waals surface area contributed by atoms with Gasteiger partial charge in [0.2, 0.25) is 0 Å². The Morgan fingerprint density at radius 3 is 2.75 bits per heavy atom. The predicted octanol–water partition coefficient (Wildman–Crippen LogP) is 2.16. The Morgan fingerprint density at radius 2 is 2.10 bits per heavy atom. The van der Waals surface area contributed by atoms with Gasteiger partial charge in [0.1, 0.15) is 11.0 Å². The van der Waals surface area contributed by atoms with E-state index in [0.29, 0.717) is 18.3 Å². The minimum Gasteiger partial charge on any atom is -0.361 e. The van der Waals surface area contributed by atoms with Crippen molar-refractivity contribution in [3.63, 3.8) is 0 Å². The molecular weight excluding hydrogens is 278 g/mol. The van der Waals surface area contributed by atoms with Gasteiger partial charge in [0.15, 0.2) is 0 Å². The van der Waals surface area contributed by atoms with Gasteiger partial charge in [-0.05, 0) is 37.0 Å². The van der Waals surface area contributed by atoms with E-state index in [9.17, 15) is 17.8 Å². The van der Waals surface area contributed by atoms with Gasteiger partial charge in [0, 0.05) is 18.3 Å².